The Morgan fingerprint density at radius 3 is 2.28 bits per heavy atom. The third kappa shape index (κ3) is 7.92. The number of nitrogens with one attached hydrogen (secondary N) is 3. The molecule has 2 aromatic rings. The summed E-state index contributed by atoms with van der Waals surface area (Å²) in [5.41, 5.74) is 6.48. The van der Waals surface area contributed by atoms with Crippen molar-refractivity contribution in [2.24, 2.45) is 0 Å². The van der Waals surface area contributed by atoms with E-state index in [4.69, 9.17) is 9.47 Å². The molecule has 0 radical (unpaired) electrons. The summed E-state index contributed by atoms with van der Waals surface area (Å²) in [6, 6.07) is 14.8. The highest BCUT2D eigenvalue weighted by Gasteiger charge is 2.10. The van der Waals surface area contributed by atoms with Gasteiger partial charge in [0.25, 0.3) is 5.91 Å². The molecule has 0 saturated carbocycles. The average Bonchev–Trinajstić information content (AvgIpc) is 2.74. The molecule has 0 aliphatic carbocycles. The van der Waals surface area contributed by atoms with Gasteiger partial charge in [-0.2, -0.15) is 0 Å². The molecular weight excluding hydrogens is 374 g/mol. The van der Waals surface area contributed by atoms with Crippen LogP contribution in [0.25, 0.3) is 0 Å². The third-order valence-electron chi connectivity index (χ3n) is 3.93. The van der Waals surface area contributed by atoms with Crippen LogP contribution in [0.15, 0.2) is 48.5 Å². The highest BCUT2D eigenvalue weighted by Crippen LogP contribution is 2.27. The molecule has 29 heavy (non-hydrogen) atoms. The fourth-order valence-electron chi connectivity index (χ4n) is 2.39. The third-order valence-corrected chi connectivity index (χ3v) is 3.93. The number of hydrazine groups is 1. The van der Waals surface area contributed by atoms with Crippen molar-refractivity contribution in [2.75, 3.05) is 13.7 Å². The van der Waals surface area contributed by atoms with Crippen molar-refractivity contribution < 1.29 is 23.9 Å². The summed E-state index contributed by atoms with van der Waals surface area (Å²) in [7, 11) is 1.51. The van der Waals surface area contributed by atoms with Crippen LogP contribution in [-0.2, 0) is 20.9 Å². The molecule has 0 spiro atoms. The first kappa shape index (κ1) is 21.7. The van der Waals surface area contributed by atoms with Gasteiger partial charge in [0.15, 0.2) is 18.1 Å². The summed E-state index contributed by atoms with van der Waals surface area (Å²) >= 11 is 0. The van der Waals surface area contributed by atoms with E-state index in [1.165, 1.54) is 7.11 Å². The van der Waals surface area contributed by atoms with E-state index in [0.717, 1.165) is 11.1 Å². The first-order chi connectivity index (χ1) is 14.0. The highest BCUT2D eigenvalue weighted by atomic mass is 16.5. The van der Waals surface area contributed by atoms with E-state index in [9.17, 15) is 14.4 Å². The maximum absolute atomic E-state index is 11.8. The summed E-state index contributed by atoms with van der Waals surface area (Å²) in [4.78, 5) is 35.4. The van der Waals surface area contributed by atoms with Crippen LogP contribution >= 0.6 is 0 Å². The molecule has 8 nitrogen and oxygen atoms in total. The fraction of sp³-hybridized carbons (Fsp3) is 0.286. The van der Waals surface area contributed by atoms with Crippen LogP contribution in [0.5, 0.6) is 11.5 Å². The Morgan fingerprint density at radius 2 is 1.55 bits per heavy atom. The van der Waals surface area contributed by atoms with Crippen molar-refractivity contribution in [2.45, 2.75) is 26.3 Å². The van der Waals surface area contributed by atoms with Gasteiger partial charge in [-0.15, -0.1) is 0 Å². The summed E-state index contributed by atoms with van der Waals surface area (Å²) < 4.78 is 10.6. The van der Waals surface area contributed by atoms with Crippen LogP contribution in [0, 0.1) is 6.92 Å². The molecule has 8 heteroatoms. The minimum atomic E-state index is -0.533. The molecule has 0 unspecified atom stereocenters. The number of benzene rings is 2. The van der Waals surface area contributed by atoms with Crippen molar-refractivity contribution in [1.29, 1.82) is 0 Å². The van der Waals surface area contributed by atoms with Gasteiger partial charge in [0, 0.05) is 19.4 Å². The molecule has 0 atom stereocenters. The van der Waals surface area contributed by atoms with Gasteiger partial charge in [0.2, 0.25) is 11.8 Å². The molecule has 3 N–H and O–H groups in total. The summed E-state index contributed by atoms with van der Waals surface area (Å²) in [6.07, 6.45) is -0.0286. The van der Waals surface area contributed by atoms with Gasteiger partial charge >= 0.3 is 0 Å². The molecule has 0 aliphatic rings. The van der Waals surface area contributed by atoms with E-state index in [0.29, 0.717) is 18.0 Å². The highest BCUT2D eigenvalue weighted by molar-refractivity contribution is 5.86. The first-order valence-electron chi connectivity index (χ1n) is 9.13. The van der Waals surface area contributed by atoms with Crippen molar-refractivity contribution >= 4 is 17.7 Å². The maximum atomic E-state index is 11.8. The number of methoxy groups -OCH3 is 1. The smallest absolute Gasteiger partial charge is 0.276 e. The van der Waals surface area contributed by atoms with Crippen LogP contribution < -0.4 is 25.6 Å². The number of hydrogen-bond donors (Lipinski definition) is 3. The quantitative estimate of drug-likeness (QED) is 0.556. The number of carbonyl (C=O) groups is 3. The van der Waals surface area contributed by atoms with Crippen LogP contribution in [-0.4, -0.2) is 31.4 Å². The first-order valence-corrected chi connectivity index (χ1v) is 9.13. The number of ether oxygens (including phenoxy) is 2. The van der Waals surface area contributed by atoms with Gasteiger partial charge in [0.1, 0.15) is 0 Å². The second-order valence-corrected chi connectivity index (χ2v) is 6.30. The van der Waals surface area contributed by atoms with Gasteiger partial charge in [-0.3, -0.25) is 25.2 Å². The molecule has 3 amide bonds. The van der Waals surface area contributed by atoms with E-state index in [1.807, 2.05) is 43.3 Å². The number of hydrogen-bond acceptors (Lipinski definition) is 5. The Kier molecular flexibility index (Phi) is 8.50. The van der Waals surface area contributed by atoms with Gasteiger partial charge in [0.05, 0.1) is 7.11 Å². The van der Waals surface area contributed by atoms with Gasteiger partial charge in [-0.05, 0) is 30.2 Å². The standard InChI is InChI=1S/C21H25N3O5/c1-15-8-9-17(18(12-15)28-2)29-14-21(27)24-23-20(26)11-10-19(25)22-13-16-6-4-3-5-7-16/h3-9,12H,10-11,13-14H2,1-2H3,(H,22,25)(H,23,26)(H,24,27). The molecule has 0 bridgehead atoms. The molecule has 0 aromatic heterocycles. The van der Waals surface area contributed by atoms with Crippen LogP contribution in [0.1, 0.15) is 24.0 Å². The molecule has 0 heterocycles. The average molecular weight is 399 g/mol. The summed E-state index contributed by atoms with van der Waals surface area (Å²) in [6.45, 7) is 2.02. The molecule has 0 aliphatic heterocycles. The van der Waals surface area contributed by atoms with Crippen molar-refractivity contribution in [1.82, 2.24) is 16.2 Å². The van der Waals surface area contributed by atoms with Crippen LogP contribution in [0.4, 0.5) is 0 Å². The lowest BCUT2D eigenvalue weighted by Crippen LogP contribution is -2.44. The molecule has 154 valence electrons. The van der Waals surface area contributed by atoms with E-state index in [2.05, 4.69) is 16.2 Å². The Hall–Kier alpha value is -3.55. The second-order valence-electron chi connectivity index (χ2n) is 6.30. The lowest BCUT2D eigenvalue weighted by atomic mass is 10.2. The zero-order valence-electron chi connectivity index (χ0n) is 16.5. The number of aryl methyl sites for hydroxylation is 1. The molecule has 0 fully saturated rings. The fourth-order valence-corrected chi connectivity index (χ4v) is 2.39. The number of rotatable bonds is 9. The van der Waals surface area contributed by atoms with Crippen molar-refractivity contribution in [3.05, 3.63) is 59.7 Å². The molecular formula is C21H25N3O5. The van der Waals surface area contributed by atoms with E-state index < -0.39 is 11.8 Å². The zero-order valence-corrected chi connectivity index (χ0v) is 16.5. The van der Waals surface area contributed by atoms with Gasteiger partial charge in [-0.25, -0.2) is 0 Å². The van der Waals surface area contributed by atoms with E-state index in [1.54, 1.807) is 12.1 Å². The summed E-state index contributed by atoms with van der Waals surface area (Å²) in [5.74, 6) is -0.307. The second kappa shape index (κ2) is 11.3. The Labute approximate surface area is 169 Å². The molecule has 2 aromatic carbocycles. The Balaban J connectivity index is 1.63. The topological polar surface area (TPSA) is 106 Å². The lowest BCUT2D eigenvalue weighted by Gasteiger charge is -2.12. The lowest BCUT2D eigenvalue weighted by molar-refractivity contribution is -0.131. The minimum Gasteiger partial charge on any atom is -0.493 e. The Bertz CT molecular complexity index is 839. The zero-order chi connectivity index (χ0) is 21.1. The molecule has 2 rings (SSSR count). The molecule has 0 saturated heterocycles. The van der Waals surface area contributed by atoms with Crippen molar-refractivity contribution in [3.8, 4) is 11.5 Å². The summed E-state index contributed by atoms with van der Waals surface area (Å²) in [5, 5.41) is 2.73. The van der Waals surface area contributed by atoms with E-state index >= 15 is 0 Å². The monoisotopic (exact) mass is 399 g/mol. The largest absolute Gasteiger partial charge is 0.493 e. The predicted molar refractivity (Wildman–Crippen MR) is 107 cm³/mol. The SMILES string of the molecule is COc1cc(C)ccc1OCC(=O)NNC(=O)CCC(=O)NCc1ccccc1. The normalized spacial score (nSPS) is 10.0. The predicted octanol–water partition coefficient (Wildman–Crippen LogP) is 1.63. The minimum absolute atomic E-state index is 0.0194. The number of amides is 3. The maximum Gasteiger partial charge on any atom is 0.276 e. The van der Waals surface area contributed by atoms with Crippen molar-refractivity contribution in [3.63, 3.8) is 0 Å². The van der Waals surface area contributed by atoms with E-state index in [-0.39, 0.29) is 25.4 Å². The van der Waals surface area contributed by atoms with Gasteiger partial charge in [-0.1, -0.05) is 36.4 Å². The Morgan fingerprint density at radius 1 is 0.862 bits per heavy atom. The van der Waals surface area contributed by atoms with Gasteiger partial charge < -0.3 is 14.8 Å². The number of carbonyl (C=O) groups excluding carboxylic acids is 3. The van der Waals surface area contributed by atoms with Crippen LogP contribution in [0.3, 0.4) is 0 Å². The van der Waals surface area contributed by atoms with Crippen LogP contribution in [0.2, 0.25) is 0 Å².